The van der Waals surface area contributed by atoms with E-state index in [0.717, 1.165) is 30.4 Å². The molecule has 7 N–H and O–H groups in total. The summed E-state index contributed by atoms with van der Waals surface area (Å²) in [5.74, 6) is 0.142. The van der Waals surface area contributed by atoms with Crippen molar-refractivity contribution in [3.8, 4) is 5.75 Å². The van der Waals surface area contributed by atoms with Crippen molar-refractivity contribution < 1.29 is 25.5 Å². The van der Waals surface area contributed by atoms with Crippen LogP contribution in [0.4, 0.5) is 0 Å². The molecule has 7 nitrogen and oxygen atoms in total. The number of phenols is 1. The number of aliphatic hydroxyl groups is 4. The van der Waals surface area contributed by atoms with E-state index in [1.54, 1.807) is 6.07 Å². The molecule has 1 rings (SSSR count). The molecule has 27 heavy (non-hydrogen) atoms. The number of hydrogen-bond donors (Lipinski definition) is 7. The van der Waals surface area contributed by atoms with Crippen molar-refractivity contribution in [3.63, 3.8) is 0 Å². The van der Waals surface area contributed by atoms with Gasteiger partial charge in [0, 0.05) is 31.7 Å². The first-order chi connectivity index (χ1) is 13.0. The third-order valence-corrected chi connectivity index (χ3v) is 4.56. The van der Waals surface area contributed by atoms with E-state index in [0.29, 0.717) is 18.7 Å². The van der Waals surface area contributed by atoms with E-state index in [4.69, 9.17) is 20.4 Å². The van der Waals surface area contributed by atoms with Crippen LogP contribution in [0.2, 0.25) is 0 Å². The van der Waals surface area contributed by atoms with Crippen molar-refractivity contribution in [2.75, 3.05) is 13.1 Å². The minimum atomic E-state index is -1.45. The summed E-state index contributed by atoms with van der Waals surface area (Å²) >= 11 is 0. The van der Waals surface area contributed by atoms with E-state index in [9.17, 15) is 5.11 Å². The summed E-state index contributed by atoms with van der Waals surface area (Å²) in [7, 11) is 0. The zero-order valence-electron chi connectivity index (χ0n) is 16.3. The highest BCUT2D eigenvalue weighted by atomic mass is 16.5. The quantitative estimate of drug-likeness (QED) is 0.178. The van der Waals surface area contributed by atoms with Crippen LogP contribution in [0.1, 0.15) is 62.1 Å². The Morgan fingerprint density at radius 2 is 1.33 bits per heavy atom. The third kappa shape index (κ3) is 10.0. The Morgan fingerprint density at radius 1 is 0.778 bits per heavy atom. The Kier molecular flexibility index (Phi) is 12.2. The van der Waals surface area contributed by atoms with Gasteiger partial charge in [-0.1, -0.05) is 45.1 Å². The lowest BCUT2D eigenvalue weighted by molar-refractivity contribution is -0.0383. The average molecular weight is 385 g/mol. The van der Waals surface area contributed by atoms with Gasteiger partial charge in [-0.25, -0.2) is 0 Å². The molecule has 156 valence electrons. The monoisotopic (exact) mass is 384 g/mol. The lowest BCUT2D eigenvalue weighted by atomic mass is 9.95. The van der Waals surface area contributed by atoms with Gasteiger partial charge in [0.1, 0.15) is 5.75 Å². The second kappa shape index (κ2) is 13.9. The lowest BCUT2D eigenvalue weighted by Crippen LogP contribution is -2.29. The molecule has 0 bridgehead atoms. The second-order valence-electron chi connectivity index (χ2n) is 6.94. The van der Waals surface area contributed by atoms with Crippen LogP contribution < -0.4 is 10.6 Å². The smallest absolute Gasteiger partial charge is 0.164 e. The number of benzene rings is 1. The molecule has 0 unspecified atom stereocenters. The average Bonchev–Trinajstić information content (AvgIpc) is 2.61. The van der Waals surface area contributed by atoms with Gasteiger partial charge in [0.15, 0.2) is 12.6 Å². The number of phenolic OH excluding ortho intramolecular Hbond substituents is 1. The van der Waals surface area contributed by atoms with Gasteiger partial charge in [-0.15, -0.1) is 0 Å². The van der Waals surface area contributed by atoms with Crippen LogP contribution >= 0.6 is 0 Å². The Balaban J connectivity index is 2.78. The van der Waals surface area contributed by atoms with Gasteiger partial charge in [0.25, 0.3) is 0 Å². The van der Waals surface area contributed by atoms with Crippen molar-refractivity contribution in [3.05, 3.63) is 28.8 Å². The van der Waals surface area contributed by atoms with Crippen LogP contribution in [0, 0.1) is 0 Å². The molecule has 7 heteroatoms. The number of aryl methyl sites for hydroxylation is 1. The highest BCUT2D eigenvalue weighted by Gasteiger charge is 2.14. The van der Waals surface area contributed by atoms with Crippen molar-refractivity contribution in [1.29, 1.82) is 0 Å². The fourth-order valence-electron chi connectivity index (χ4n) is 3.13. The molecular formula is C20H36N2O5. The number of hydrogen-bond acceptors (Lipinski definition) is 7. The number of nitrogens with one attached hydrogen (secondary N) is 2. The van der Waals surface area contributed by atoms with Gasteiger partial charge in [-0.05, 0) is 30.0 Å². The summed E-state index contributed by atoms with van der Waals surface area (Å²) in [5, 5.41) is 52.2. The summed E-state index contributed by atoms with van der Waals surface area (Å²) < 4.78 is 0. The number of aliphatic hydroxyl groups excluding tert-OH is 2. The van der Waals surface area contributed by atoms with Gasteiger partial charge in [0.05, 0.1) is 0 Å². The van der Waals surface area contributed by atoms with E-state index in [1.807, 2.05) is 6.07 Å². The molecule has 0 saturated heterocycles. The summed E-state index contributed by atoms with van der Waals surface area (Å²) in [6.45, 7) is 2.93. The summed E-state index contributed by atoms with van der Waals surface area (Å²) in [6, 6.07) is 3.58. The molecule has 0 spiro atoms. The van der Waals surface area contributed by atoms with E-state index < -0.39 is 12.6 Å². The fourth-order valence-corrected chi connectivity index (χ4v) is 3.13. The minimum absolute atomic E-state index is 0.00329. The predicted molar refractivity (Wildman–Crippen MR) is 105 cm³/mol. The molecule has 0 aromatic heterocycles. The molecule has 1 aromatic carbocycles. The zero-order chi connectivity index (χ0) is 20.1. The first kappa shape index (κ1) is 23.8. The number of unbranched alkanes of at least 4 members (excludes halogenated alkanes) is 5. The first-order valence-electron chi connectivity index (χ1n) is 9.92. The summed E-state index contributed by atoms with van der Waals surface area (Å²) in [6.07, 6.45) is 5.20. The van der Waals surface area contributed by atoms with Gasteiger partial charge >= 0.3 is 0 Å². The molecule has 0 fully saturated rings. The van der Waals surface area contributed by atoms with Crippen molar-refractivity contribution in [2.45, 2.75) is 77.5 Å². The topological polar surface area (TPSA) is 125 Å². The van der Waals surface area contributed by atoms with Crippen LogP contribution in [0.5, 0.6) is 5.75 Å². The molecule has 0 heterocycles. The molecule has 0 saturated carbocycles. The van der Waals surface area contributed by atoms with Crippen LogP contribution in [0.25, 0.3) is 0 Å². The molecule has 0 aliphatic heterocycles. The Hall–Kier alpha value is -1.22. The Morgan fingerprint density at radius 3 is 1.93 bits per heavy atom. The van der Waals surface area contributed by atoms with E-state index >= 15 is 0 Å². The van der Waals surface area contributed by atoms with Crippen LogP contribution in [-0.4, -0.2) is 51.2 Å². The van der Waals surface area contributed by atoms with Crippen LogP contribution in [0.15, 0.2) is 12.1 Å². The standard InChI is InChI=1S/C20H36N2O5/c1-2-3-4-5-6-7-8-15-9-10-18(23)17(12-22-14-20(26)27)16(15)11-21-13-19(24)25/h9-10,19-27H,2-8,11-14H2,1H3. The molecule has 0 amide bonds. The van der Waals surface area contributed by atoms with Crippen molar-refractivity contribution in [2.24, 2.45) is 0 Å². The van der Waals surface area contributed by atoms with Crippen LogP contribution in [0.3, 0.4) is 0 Å². The second-order valence-corrected chi connectivity index (χ2v) is 6.94. The third-order valence-electron chi connectivity index (χ3n) is 4.56. The van der Waals surface area contributed by atoms with Gasteiger partial charge in [-0.3, -0.25) is 0 Å². The maximum Gasteiger partial charge on any atom is 0.164 e. The largest absolute Gasteiger partial charge is 0.508 e. The predicted octanol–water partition coefficient (Wildman–Crippen LogP) is 1.10. The normalized spacial score (nSPS) is 11.7. The maximum absolute atomic E-state index is 10.3. The Labute approximate surface area is 162 Å². The summed E-state index contributed by atoms with van der Waals surface area (Å²) in [5.41, 5.74) is 2.73. The van der Waals surface area contributed by atoms with Gasteiger partial charge < -0.3 is 36.2 Å². The molecule has 0 radical (unpaired) electrons. The van der Waals surface area contributed by atoms with E-state index in [-0.39, 0.29) is 18.8 Å². The maximum atomic E-state index is 10.3. The van der Waals surface area contributed by atoms with Gasteiger partial charge in [0.2, 0.25) is 0 Å². The molecule has 0 atom stereocenters. The first-order valence-corrected chi connectivity index (χ1v) is 9.92. The number of rotatable bonds is 15. The highest BCUT2D eigenvalue weighted by Crippen LogP contribution is 2.26. The fraction of sp³-hybridized carbons (Fsp3) is 0.700. The molecule has 0 aliphatic rings. The van der Waals surface area contributed by atoms with Crippen molar-refractivity contribution in [1.82, 2.24) is 10.6 Å². The highest BCUT2D eigenvalue weighted by molar-refractivity contribution is 5.44. The van der Waals surface area contributed by atoms with E-state index in [1.165, 1.54) is 25.7 Å². The Bertz CT molecular complexity index is 523. The minimum Gasteiger partial charge on any atom is -0.508 e. The molecule has 1 aromatic rings. The van der Waals surface area contributed by atoms with E-state index in [2.05, 4.69) is 17.6 Å². The zero-order valence-corrected chi connectivity index (χ0v) is 16.3. The SMILES string of the molecule is CCCCCCCCc1ccc(O)c(CNCC(O)O)c1CNCC(O)O. The summed E-state index contributed by atoms with van der Waals surface area (Å²) in [4.78, 5) is 0. The number of aromatic hydroxyl groups is 1. The molecular weight excluding hydrogens is 348 g/mol. The molecule has 0 aliphatic carbocycles. The van der Waals surface area contributed by atoms with Crippen molar-refractivity contribution >= 4 is 0 Å². The lowest BCUT2D eigenvalue weighted by Gasteiger charge is -2.18. The van der Waals surface area contributed by atoms with Gasteiger partial charge in [-0.2, -0.15) is 0 Å². The van der Waals surface area contributed by atoms with Crippen LogP contribution in [-0.2, 0) is 19.5 Å².